The molecule has 0 radical (unpaired) electrons. The molecule has 152 valence electrons. The molecule has 3 aliphatic heterocycles. The number of carbonyl (C=O) groups is 2. The first-order valence-corrected chi connectivity index (χ1v) is 9.68. The summed E-state index contributed by atoms with van der Waals surface area (Å²) in [6, 6.07) is 2.82. The van der Waals surface area contributed by atoms with Crippen molar-refractivity contribution in [3.05, 3.63) is 35.4 Å². The molecular weight excluding hydrogens is 370 g/mol. The Bertz CT molecular complexity index is 740. The van der Waals surface area contributed by atoms with E-state index < -0.39 is 17.5 Å². The van der Waals surface area contributed by atoms with Crippen LogP contribution in [0.15, 0.2) is 18.2 Å². The van der Waals surface area contributed by atoms with Gasteiger partial charge in [-0.25, -0.2) is 8.78 Å². The monoisotopic (exact) mass is 394 g/mol. The van der Waals surface area contributed by atoms with Gasteiger partial charge in [-0.05, 0) is 25.0 Å². The van der Waals surface area contributed by atoms with Crippen LogP contribution in [0.4, 0.5) is 8.78 Å². The molecule has 3 fully saturated rings. The summed E-state index contributed by atoms with van der Waals surface area (Å²) in [5.41, 5.74) is -0.381. The molecule has 2 amide bonds. The Kier molecular flexibility index (Phi) is 5.33. The first kappa shape index (κ1) is 19.3. The van der Waals surface area contributed by atoms with E-state index in [1.807, 2.05) is 0 Å². The molecular formula is C20H24F2N2O4. The zero-order valence-electron chi connectivity index (χ0n) is 15.7. The molecule has 1 atom stereocenters. The van der Waals surface area contributed by atoms with Crippen LogP contribution in [0, 0.1) is 23.0 Å². The lowest BCUT2D eigenvalue weighted by Gasteiger charge is -2.39. The fraction of sp³-hybridized carbons (Fsp3) is 0.600. The number of amides is 2. The third kappa shape index (κ3) is 3.63. The molecule has 4 rings (SSSR count). The smallest absolute Gasteiger partial charge is 0.254 e. The fourth-order valence-corrected chi connectivity index (χ4v) is 4.61. The van der Waals surface area contributed by atoms with Gasteiger partial charge >= 0.3 is 0 Å². The predicted octanol–water partition coefficient (Wildman–Crippen LogP) is 1.69. The minimum absolute atomic E-state index is 0.0285. The van der Waals surface area contributed by atoms with Gasteiger partial charge in [0.2, 0.25) is 5.91 Å². The van der Waals surface area contributed by atoms with Crippen molar-refractivity contribution in [2.24, 2.45) is 11.3 Å². The summed E-state index contributed by atoms with van der Waals surface area (Å²) in [5, 5.41) is 0. The van der Waals surface area contributed by atoms with Crippen LogP contribution in [0.3, 0.4) is 0 Å². The van der Waals surface area contributed by atoms with Gasteiger partial charge in [-0.1, -0.05) is 0 Å². The quantitative estimate of drug-likeness (QED) is 0.766. The molecule has 1 aromatic rings. The third-order valence-electron chi connectivity index (χ3n) is 6.15. The van der Waals surface area contributed by atoms with E-state index >= 15 is 0 Å². The highest BCUT2D eigenvalue weighted by Gasteiger charge is 2.52. The molecule has 0 bridgehead atoms. The Hall–Kier alpha value is -2.06. The summed E-state index contributed by atoms with van der Waals surface area (Å²) in [7, 11) is 0. The maximum atomic E-state index is 13.6. The van der Waals surface area contributed by atoms with E-state index in [4.69, 9.17) is 9.47 Å². The van der Waals surface area contributed by atoms with Crippen molar-refractivity contribution in [3.63, 3.8) is 0 Å². The topological polar surface area (TPSA) is 59.1 Å². The van der Waals surface area contributed by atoms with Crippen LogP contribution in [0.2, 0.25) is 0 Å². The number of ether oxygens (including phenoxy) is 2. The summed E-state index contributed by atoms with van der Waals surface area (Å²) < 4.78 is 38.0. The van der Waals surface area contributed by atoms with Gasteiger partial charge in [-0.2, -0.15) is 0 Å². The van der Waals surface area contributed by atoms with Gasteiger partial charge in [-0.15, -0.1) is 0 Å². The number of morpholine rings is 1. The first-order chi connectivity index (χ1) is 13.5. The van der Waals surface area contributed by atoms with Crippen LogP contribution in [0.1, 0.15) is 23.2 Å². The summed E-state index contributed by atoms with van der Waals surface area (Å²) in [4.78, 5) is 29.6. The molecule has 3 aliphatic rings. The second-order valence-corrected chi connectivity index (χ2v) is 7.81. The number of halogens is 2. The van der Waals surface area contributed by atoms with Gasteiger partial charge in [0.1, 0.15) is 11.6 Å². The molecule has 28 heavy (non-hydrogen) atoms. The van der Waals surface area contributed by atoms with Crippen molar-refractivity contribution in [1.29, 1.82) is 0 Å². The maximum Gasteiger partial charge on any atom is 0.254 e. The molecule has 0 aromatic heterocycles. The Morgan fingerprint density at radius 1 is 0.929 bits per heavy atom. The van der Waals surface area contributed by atoms with Gasteiger partial charge < -0.3 is 19.3 Å². The minimum Gasteiger partial charge on any atom is -0.381 e. The molecule has 3 heterocycles. The van der Waals surface area contributed by atoms with Gasteiger partial charge in [0, 0.05) is 56.4 Å². The van der Waals surface area contributed by atoms with E-state index in [2.05, 4.69) is 0 Å². The van der Waals surface area contributed by atoms with E-state index in [1.165, 1.54) is 0 Å². The molecule has 1 unspecified atom stereocenters. The molecule has 0 aliphatic carbocycles. The molecule has 1 aromatic carbocycles. The average Bonchev–Trinajstić information content (AvgIpc) is 3.05. The SMILES string of the molecule is O=C(c1cc(F)cc(F)c1)N1CC(C(=O)N2CCOCC2)C2(CCOCC2)C1. The van der Waals surface area contributed by atoms with Crippen molar-refractivity contribution in [2.45, 2.75) is 12.8 Å². The summed E-state index contributed by atoms with van der Waals surface area (Å²) >= 11 is 0. The first-order valence-electron chi connectivity index (χ1n) is 9.68. The van der Waals surface area contributed by atoms with E-state index in [-0.39, 0.29) is 29.3 Å². The number of benzene rings is 1. The van der Waals surface area contributed by atoms with E-state index in [1.54, 1.807) is 9.80 Å². The molecule has 3 saturated heterocycles. The summed E-state index contributed by atoms with van der Waals surface area (Å²) in [5.74, 6) is -2.32. The van der Waals surface area contributed by atoms with Crippen LogP contribution in [-0.4, -0.2) is 74.2 Å². The van der Waals surface area contributed by atoms with Gasteiger partial charge in [-0.3, -0.25) is 9.59 Å². The zero-order chi connectivity index (χ0) is 19.7. The highest BCUT2D eigenvalue weighted by molar-refractivity contribution is 5.95. The number of likely N-dealkylation sites (tertiary alicyclic amines) is 1. The molecule has 8 heteroatoms. The number of hydrogen-bond acceptors (Lipinski definition) is 4. The number of nitrogens with zero attached hydrogens (tertiary/aromatic N) is 2. The van der Waals surface area contributed by atoms with Crippen LogP contribution < -0.4 is 0 Å². The highest BCUT2D eigenvalue weighted by Crippen LogP contribution is 2.45. The zero-order valence-corrected chi connectivity index (χ0v) is 15.7. The predicted molar refractivity (Wildman–Crippen MR) is 95.6 cm³/mol. The lowest BCUT2D eigenvalue weighted by atomic mass is 9.71. The summed E-state index contributed by atoms with van der Waals surface area (Å²) in [6.07, 6.45) is 1.38. The standard InChI is InChI=1S/C20H24F2N2O4/c21-15-9-14(10-16(22)11-15)18(25)24-12-17(19(26)23-3-7-28-8-4-23)20(13-24)1-5-27-6-2-20/h9-11,17H,1-8,12-13H2. The highest BCUT2D eigenvalue weighted by atomic mass is 19.1. The maximum absolute atomic E-state index is 13.6. The van der Waals surface area contributed by atoms with Crippen LogP contribution in [0.25, 0.3) is 0 Å². The fourth-order valence-electron chi connectivity index (χ4n) is 4.61. The van der Waals surface area contributed by atoms with Crippen molar-refractivity contribution >= 4 is 11.8 Å². The number of rotatable bonds is 2. The van der Waals surface area contributed by atoms with Crippen molar-refractivity contribution in [3.8, 4) is 0 Å². The van der Waals surface area contributed by atoms with Crippen LogP contribution in [0.5, 0.6) is 0 Å². The Labute approximate surface area is 162 Å². The van der Waals surface area contributed by atoms with Crippen molar-refractivity contribution < 1.29 is 27.8 Å². The number of carbonyl (C=O) groups excluding carboxylic acids is 2. The van der Waals surface area contributed by atoms with Crippen LogP contribution in [-0.2, 0) is 14.3 Å². The Balaban J connectivity index is 1.58. The van der Waals surface area contributed by atoms with Gasteiger partial charge in [0.25, 0.3) is 5.91 Å². The van der Waals surface area contributed by atoms with Crippen molar-refractivity contribution in [2.75, 3.05) is 52.6 Å². The second kappa shape index (κ2) is 7.75. The molecule has 6 nitrogen and oxygen atoms in total. The lowest BCUT2D eigenvalue weighted by molar-refractivity contribution is -0.144. The van der Waals surface area contributed by atoms with Crippen LogP contribution >= 0.6 is 0 Å². The van der Waals surface area contributed by atoms with E-state index in [0.717, 1.165) is 18.2 Å². The largest absolute Gasteiger partial charge is 0.381 e. The van der Waals surface area contributed by atoms with Crippen molar-refractivity contribution in [1.82, 2.24) is 9.80 Å². The minimum atomic E-state index is -0.788. The van der Waals surface area contributed by atoms with E-state index in [0.29, 0.717) is 58.9 Å². The second-order valence-electron chi connectivity index (χ2n) is 7.81. The third-order valence-corrected chi connectivity index (χ3v) is 6.15. The average molecular weight is 394 g/mol. The van der Waals surface area contributed by atoms with E-state index in [9.17, 15) is 18.4 Å². The van der Waals surface area contributed by atoms with Gasteiger partial charge in [0.15, 0.2) is 0 Å². The Morgan fingerprint density at radius 2 is 1.54 bits per heavy atom. The molecule has 1 spiro atoms. The number of hydrogen-bond donors (Lipinski definition) is 0. The van der Waals surface area contributed by atoms with Gasteiger partial charge in [0.05, 0.1) is 19.1 Å². The normalized spacial score (nSPS) is 24.6. The molecule has 0 saturated carbocycles. The lowest BCUT2D eigenvalue weighted by Crippen LogP contribution is -2.49. The molecule has 0 N–H and O–H groups in total. The Morgan fingerprint density at radius 3 is 2.18 bits per heavy atom. The summed E-state index contributed by atoms with van der Waals surface area (Å²) in [6.45, 7) is 3.86.